The van der Waals surface area contributed by atoms with Gasteiger partial charge in [-0.15, -0.1) is 0 Å². The largest absolute Gasteiger partial charge is 0.493 e. The van der Waals surface area contributed by atoms with Crippen LogP contribution in [0.5, 0.6) is 11.5 Å². The maximum atomic E-state index is 13.6. The summed E-state index contributed by atoms with van der Waals surface area (Å²) in [5, 5.41) is 0.717. The van der Waals surface area contributed by atoms with Gasteiger partial charge in [0.05, 0.1) is 17.7 Å². The summed E-state index contributed by atoms with van der Waals surface area (Å²) in [6, 6.07) is 15.2. The number of rotatable bonds is 7. The number of hydrogen-bond donors (Lipinski definition) is 1. The predicted octanol–water partition coefficient (Wildman–Crippen LogP) is 4.74. The number of thioether (sulfide) groups is 1. The third-order valence-corrected chi connectivity index (χ3v) is 7.05. The number of aliphatic imine (C=N–C) groups is 1. The van der Waals surface area contributed by atoms with Crippen LogP contribution in [0.3, 0.4) is 0 Å². The highest BCUT2D eigenvalue weighted by Crippen LogP contribution is 2.40. The standard InChI is InChI=1S/C26H29N3O4S/c1-17-8-6-7-11-20(17)29-25(31)23(34-26(29)28-19-9-4-3-5-10-19)15-18-12-13-21(22(14-18)32-2)33-16-24(27)30/h3-5,9-10,12-15,17,20H,6-8,11,16H2,1-2H3,(H2,27,30)/b23-15-,28-26?/t17-,20+/m0/s1. The predicted molar refractivity (Wildman–Crippen MR) is 135 cm³/mol. The number of amides is 2. The van der Waals surface area contributed by atoms with E-state index in [1.165, 1.54) is 25.3 Å². The lowest BCUT2D eigenvalue weighted by Crippen LogP contribution is -2.44. The van der Waals surface area contributed by atoms with Crippen LogP contribution in [0.4, 0.5) is 5.69 Å². The molecule has 34 heavy (non-hydrogen) atoms. The number of ether oxygens (including phenoxy) is 2. The average molecular weight is 480 g/mol. The smallest absolute Gasteiger partial charge is 0.267 e. The molecule has 2 aromatic rings. The molecule has 178 valence electrons. The number of nitrogens with two attached hydrogens (primary N) is 1. The minimum atomic E-state index is -0.566. The molecule has 2 aliphatic rings. The molecule has 1 saturated heterocycles. The summed E-state index contributed by atoms with van der Waals surface area (Å²) in [7, 11) is 1.52. The summed E-state index contributed by atoms with van der Waals surface area (Å²) in [5.41, 5.74) is 6.78. The van der Waals surface area contributed by atoms with Gasteiger partial charge in [-0.3, -0.25) is 14.5 Å². The first-order valence-electron chi connectivity index (χ1n) is 11.4. The molecule has 2 fully saturated rings. The Kier molecular flexibility index (Phi) is 7.57. The van der Waals surface area contributed by atoms with Gasteiger partial charge in [0.15, 0.2) is 23.3 Å². The molecule has 1 saturated carbocycles. The van der Waals surface area contributed by atoms with E-state index in [9.17, 15) is 9.59 Å². The Morgan fingerprint density at radius 1 is 1.18 bits per heavy atom. The van der Waals surface area contributed by atoms with E-state index in [0.29, 0.717) is 22.3 Å². The van der Waals surface area contributed by atoms with Crippen molar-refractivity contribution in [2.45, 2.75) is 38.6 Å². The molecule has 0 unspecified atom stereocenters. The Morgan fingerprint density at radius 3 is 2.65 bits per heavy atom. The topological polar surface area (TPSA) is 94.2 Å². The van der Waals surface area contributed by atoms with Crippen LogP contribution in [0.15, 0.2) is 58.4 Å². The molecule has 2 atom stereocenters. The summed E-state index contributed by atoms with van der Waals surface area (Å²) < 4.78 is 10.8. The van der Waals surface area contributed by atoms with Crippen molar-refractivity contribution in [3.05, 3.63) is 59.0 Å². The molecular weight excluding hydrogens is 450 g/mol. The van der Waals surface area contributed by atoms with E-state index >= 15 is 0 Å². The van der Waals surface area contributed by atoms with Crippen molar-refractivity contribution in [3.8, 4) is 11.5 Å². The number of benzene rings is 2. The fourth-order valence-corrected chi connectivity index (χ4v) is 5.39. The zero-order chi connectivity index (χ0) is 24.1. The van der Waals surface area contributed by atoms with Gasteiger partial charge >= 0.3 is 0 Å². The molecule has 1 heterocycles. The van der Waals surface area contributed by atoms with E-state index < -0.39 is 5.91 Å². The number of hydrogen-bond acceptors (Lipinski definition) is 6. The minimum absolute atomic E-state index is 0.0218. The van der Waals surface area contributed by atoms with Crippen LogP contribution in [-0.4, -0.2) is 41.6 Å². The molecule has 8 heteroatoms. The highest BCUT2D eigenvalue weighted by atomic mass is 32.2. The maximum absolute atomic E-state index is 13.6. The molecule has 1 aliphatic heterocycles. The SMILES string of the molecule is COc1cc(/C=C2\SC(=Nc3ccccc3)N([C@@H]3CCCC[C@@H]3C)C2=O)ccc1OCC(N)=O. The molecule has 2 N–H and O–H groups in total. The molecule has 7 nitrogen and oxygen atoms in total. The number of amidine groups is 1. The van der Waals surface area contributed by atoms with E-state index in [4.69, 9.17) is 20.2 Å². The zero-order valence-corrected chi connectivity index (χ0v) is 20.2. The molecule has 0 spiro atoms. The monoisotopic (exact) mass is 479 g/mol. The summed E-state index contributed by atoms with van der Waals surface area (Å²) in [4.78, 5) is 32.0. The van der Waals surface area contributed by atoms with Gasteiger partial charge in [0.2, 0.25) is 0 Å². The summed E-state index contributed by atoms with van der Waals surface area (Å²) in [6.07, 6.45) is 6.26. The van der Waals surface area contributed by atoms with Gasteiger partial charge in [-0.25, -0.2) is 4.99 Å². The number of methoxy groups -OCH3 is 1. The molecule has 0 radical (unpaired) electrons. The molecular formula is C26H29N3O4S. The van der Waals surface area contributed by atoms with Crippen LogP contribution in [0.2, 0.25) is 0 Å². The number of primary amides is 1. The lowest BCUT2D eigenvalue weighted by Gasteiger charge is -2.35. The normalized spacial score (nSPS) is 22.9. The number of carbonyl (C=O) groups is 2. The summed E-state index contributed by atoms with van der Waals surface area (Å²) in [6.45, 7) is 1.98. The Morgan fingerprint density at radius 2 is 1.94 bits per heavy atom. The average Bonchev–Trinajstić information content (AvgIpc) is 3.13. The van der Waals surface area contributed by atoms with Crippen LogP contribution in [0.1, 0.15) is 38.2 Å². The number of carbonyl (C=O) groups excluding carboxylic acids is 2. The second-order valence-corrected chi connectivity index (χ2v) is 9.52. The van der Waals surface area contributed by atoms with E-state index in [2.05, 4.69) is 6.92 Å². The van der Waals surface area contributed by atoms with Crippen molar-refractivity contribution in [1.29, 1.82) is 0 Å². The number of nitrogens with zero attached hydrogens (tertiary/aromatic N) is 2. The molecule has 2 amide bonds. The molecule has 4 rings (SSSR count). The summed E-state index contributed by atoms with van der Waals surface area (Å²) in [5.74, 6) is 0.704. The van der Waals surface area contributed by atoms with Gasteiger partial charge < -0.3 is 15.2 Å². The second-order valence-electron chi connectivity index (χ2n) is 8.51. The highest BCUT2D eigenvalue weighted by Gasteiger charge is 2.41. The lowest BCUT2D eigenvalue weighted by atomic mass is 9.85. The first-order chi connectivity index (χ1) is 16.5. The molecule has 0 bridgehead atoms. The molecule has 2 aromatic carbocycles. The van der Waals surface area contributed by atoms with Crippen LogP contribution in [0.25, 0.3) is 6.08 Å². The van der Waals surface area contributed by atoms with Crippen LogP contribution in [0, 0.1) is 5.92 Å². The van der Waals surface area contributed by atoms with Crippen molar-refractivity contribution < 1.29 is 19.1 Å². The molecule has 1 aliphatic carbocycles. The number of para-hydroxylation sites is 1. The first-order valence-corrected chi connectivity index (χ1v) is 12.2. The quantitative estimate of drug-likeness (QED) is 0.579. The maximum Gasteiger partial charge on any atom is 0.267 e. The third kappa shape index (κ3) is 5.44. The molecule has 0 aromatic heterocycles. The van der Waals surface area contributed by atoms with E-state index in [-0.39, 0.29) is 18.6 Å². The van der Waals surface area contributed by atoms with Gasteiger partial charge in [0.25, 0.3) is 11.8 Å². The Hall–Kier alpha value is -3.26. The van der Waals surface area contributed by atoms with Crippen molar-refractivity contribution in [3.63, 3.8) is 0 Å². The van der Waals surface area contributed by atoms with E-state index in [1.807, 2.05) is 47.4 Å². The van der Waals surface area contributed by atoms with Crippen LogP contribution >= 0.6 is 11.8 Å². The van der Waals surface area contributed by atoms with Crippen LogP contribution in [-0.2, 0) is 9.59 Å². The van der Waals surface area contributed by atoms with E-state index in [0.717, 1.165) is 35.7 Å². The van der Waals surface area contributed by atoms with Gasteiger partial charge in [-0.05, 0) is 66.4 Å². The van der Waals surface area contributed by atoms with Gasteiger partial charge in [-0.2, -0.15) is 0 Å². The van der Waals surface area contributed by atoms with Gasteiger partial charge in [-0.1, -0.05) is 44.0 Å². The Labute approximate surface area is 204 Å². The van der Waals surface area contributed by atoms with Crippen molar-refractivity contribution >= 4 is 40.5 Å². The van der Waals surface area contributed by atoms with Gasteiger partial charge in [0.1, 0.15) is 0 Å². The minimum Gasteiger partial charge on any atom is -0.493 e. The second kappa shape index (κ2) is 10.8. The van der Waals surface area contributed by atoms with Crippen LogP contribution < -0.4 is 15.2 Å². The van der Waals surface area contributed by atoms with Crippen molar-refractivity contribution in [2.24, 2.45) is 16.6 Å². The van der Waals surface area contributed by atoms with Crippen molar-refractivity contribution in [2.75, 3.05) is 13.7 Å². The van der Waals surface area contributed by atoms with Gasteiger partial charge in [0, 0.05) is 6.04 Å². The van der Waals surface area contributed by atoms with E-state index in [1.54, 1.807) is 12.1 Å². The first kappa shape index (κ1) is 23.9. The zero-order valence-electron chi connectivity index (χ0n) is 19.4. The van der Waals surface area contributed by atoms with Crippen molar-refractivity contribution in [1.82, 2.24) is 4.90 Å². The fraction of sp³-hybridized carbons (Fsp3) is 0.346. The lowest BCUT2D eigenvalue weighted by molar-refractivity contribution is -0.125. The highest BCUT2D eigenvalue weighted by molar-refractivity contribution is 8.18. The summed E-state index contributed by atoms with van der Waals surface area (Å²) >= 11 is 1.40. The third-order valence-electron chi connectivity index (χ3n) is 6.07. The fourth-order valence-electron chi connectivity index (χ4n) is 4.34. The Bertz CT molecular complexity index is 1120. The Balaban J connectivity index is 1.66.